The van der Waals surface area contributed by atoms with Crippen LogP contribution in [0, 0.1) is 17.0 Å². The lowest BCUT2D eigenvalue weighted by Crippen LogP contribution is -2.29. The Kier molecular flexibility index (Phi) is 4.84. The number of aromatic nitrogens is 5. The molecule has 1 saturated heterocycles. The molecule has 8 nitrogen and oxygen atoms in total. The molecule has 0 aromatic carbocycles. The second-order valence-electron chi connectivity index (χ2n) is 8.58. The first-order valence-electron chi connectivity index (χ1n) is 10.5. The summed E-state index contributed by atoms with van der Waals surface area (Å²) < 4.78 is 40.0. The summed E-state index contributed by atoms with van der Waals surface area (Å²) in [5, 5.41) is 12.8. The van der Waals surface area contributed by atoms with Crippen LogP contribution in [-0.2, 0) is 6.42 Å². The number of piperidine rings is 1. The molecule has 1 aliphatic heterocycles. The molecule has 1 saturated carbocycles. The SMILES string of the molecule is NC1C2CN(c3nc(Sc4cnc5ccc[n+]([O-])c5c4)nc4[nH]c(CC(F)(F)F)c(Cl)c34)CC12. The van der Waals surface area contributed by atoms with E-state index in [0.717, 1.165) is 4.73 Å². The number of aromatic amines is 1. The first-order chi connectivity index (χ1) is 16.2. The summed E-state index contributed by atoms with van der Waals surface area (Å²) >= 11 is 7.57. The quantitative estimate of drug-likeness (QED) is 0.247. The van der Waals surface area contributed by atoms with E-state index in [4.69, 9.17) is 17.3 Å². The molecule has 4 aromatic heterocycles. The fourth-order valence-corrected chi connectivity index (χ4v) is 5.66. The van der Waals surface area contributed by atoms with Crippen LogP contribution in [0.5, 0.6) is 0 Å². The van der Waals surface area contributed by atoms with Crippen molar-refractivity contribution in [3.05, 3.63) is 46.5 Å². The Labute approximate surface area is 199 Å². The average molecular weight is 508 g/mol. The molecule has 34 heavy (non-hydrogen) atoms. The third-order valence-corrected chi connectivity index (χ3v) is 7.60. The fourth-order valence-electron chi connectivity index (χ4n) is 4.62. The van der Waals surface area contributed by atoms with Crippen molar-refractivity contribution in [2.45, 2.75) is 28.7 Å². The molecule has 2 atom stereocenters. The largest absolute Gasteiger partial charge is 0.618 e. The summed E-state index contributed by atoms with van der Waals surface area (Å²) in [5.41, 5.74) is 7.07. The first kappa shape index (κ1) is 21.7. The molecular formula is C21H17ClF3N7OS. The maximum atomic E-state index is 13.1. The van der Waals surface area contributed by atoms with Gasteiger partial charge in [-0.2, -0.15) is 17.9 Å². The number of halogens is 4. The zero-order valence-corrected chi connectivity index (χ0v) is 19.0. The summed E-state index contributed by atoms with van der Waals surface area (Å²) in [6.45, 7) is 1.32. The monoisotopic (exact) mass is 507 g/mol. The number of nitrogens with two attached hydrogens (primary N) is 1. The summed E-state index contributed by atoms with van der Waals surface area (Å²) in [6.07, 6.45) is -2.65. The zero-order valence-electron chi connectivity index (χ0n) is 17.4. The second kappa shape index (κ2) is 7.59. The van der Waals surface area contributed by atoms with Crippen molar-refractivity contribution in [1.82, 2.24) is 19.9 Å². The van der Waals surface area contributed by atoms with Gasteiger partial charge in [-0.15, -0.1) is 0 Å². The lowest BCUT2D eigenvalue weighted by molar-refractivity contribution is -0.577. The zero-order chi connectivity index (χ0) is 23.8. The van der Waals surface area contributed by atoms with Gasteiger partial charge in [0.1, 0.15) is 17.0 Å². The van der Waals surface area contributed by atoms with Gasteiger partial charge in [-0.25, -0.2) is 15.0 Å². The van der Waals surface area contributed by atoms with Crippen molar-refractivity contribution in [3.63, 3.8) is 0 Å². The number of nitrogens with one attached hydrogen (secondary N) is 1. The van der Waals surface area contributed by atoms with Crippen molar-refractivity contribution >= 4 is 51.2 Å². The third kappa shape index (κ3) is 3.69. The molecule has 5 heterocycles. The predicted molar refractivity (Wildman–Crippen MR) is 121 cm³/mol. The number of hydrogen-bond donors (Lipinski definition) is 2. The lowest BCUT2D eigenvalue weighted by atomic mass is 10.2. The Morgan fingerprint density at radius 3 is 2.79 bits per heavy atom. The van der Waals surface area contributed by atoms with Crippen LogP contribution < -0.4 is 15.4 Å². The highest BCUT2D eigenvalue weighted by Crippen LogP contribution is 2.47. The van der Waals surface area contributed by atoms with Gasteiger partial charge in [0.2, 0.25) is 5.52 Å². The van der Waals surface area contributed by atoms with Gasteiger partial charge in [-0.3, -0.25) is 0 Å². The second-order valence-corrected chi connectivity index (χ2v) is 10.0. The normalized spacial score (nSPS) is 22.0. The van der Waals surface area contributed by atoms with Gasteiger partial charge in [-0.1, -0.05) is 11.6 Å². The maximum Gasteiger partial charge on any atom is 0.394 e. The highest BCUT2D eigenvalue weighted by molar-refractivity contribution is 7.99. The molecule has 0 spiro atoms. The van der Waals surface area contributed by atoms with E-state index >= 15 is 0 Å². The number of nitrogens with zero attached hydrogens (tertiary/aromatic N) is 5. The van der Waals surface area contributed by atoms with Gasteiger partial charge in [0.25, 0.3) is 0 Å². The molecule has 0 bridgehead atoms. The van der Waals surface area contributed by atoms with Crippen molar-refractivity contribution in [1.29, 1.82) is 0 Å². The predicted octanol–water partition coefficient (Wildman–Crippen LogP) is 3.44. The van der Waals surface area contributed by atoms with Gasteiger partial charge in [-0.05, 0) is 29.7 Å². The molecule has 1 aliphatic carbocycles. The van der Waals surface area contributed by atoms with Crippen LogP contribution in [0.1, 0.15) is 5.69 Å². The van der Waals surface area contributed by atoms with E-state index < -0.39 is 12.6 Å². The van der Waals surface area contributed by atoms with E-state index in [0.29, 0.717) is 57.2 Å². The van der Waals surface area contributed by atoms with Gasteiger partial charge in [0.05, 0.1) is 16.8 Å². The van der Waals surface area contributed by atoms with Crippen molar-refractivity contribution in [3.8, 4) is 0 Å². The van der Waals surface area contributed by atoms with Gasteiger partial charge < -0.3 is 20.8 Å². The van der Waals surface area contributed by atoms with E-state index in [2.05, 4.69) is 19.9 Å². The molecule has 2 fully saturated rings. The molecule has 6 rings (SSSR count). The van der Waals surface area contributed by atoms with Crippen LogP contribution in [0.3, 0.4) is 0 Å². The van der Waals surface area contributed by atoms with Crippen LogP contribution in [0.4, 0.5) is 19.0 Å². The molecule has 176 valence electrons. The van der Waals surface area contributed by atoms with E-state index in [1.165, 1.54) is 18.0 Å². The molecule has 4 aromatic rings. The number of H-pyrrole nitrogens is 1. The van der Waals surface area contributed by atoms with Crippen LogP contribution in [-0.4, -0.2) is 45.2 Å². The van der Waals surface area contributed by atoms with Gasteiger partial charge in [0.15, 0.2) is 11.4 Å². The van der Waals surface area contributed by atoms with Gasteiger partial charge in [0, 0.05) is 48.1 Å². The van der Waals surface area contributed by atoms with E-state index in [1.807, 2.05) is 4.90 Å². The molecular weight excluding hydrogens is 491 g/mol. The van der Waals surface area contributed by atoms with Gasteiger partial charge >= 0.3 is 6.18 Å². The van der Waals surface area contributed by atoms with Crippen molar-refractivity contribution in [2.75, 3.05) is 18.0 Å². The molecule has 2 unspecified atom stereocenters. The topological polar surface area (TPSA) is 111 Å². The Morgan fingerprint density at radius 1 is 1.29 bits per heavy atom. The van der Waals surface area contributed by atoms with Crippen LogP contribution in [0.25, 0.3) is 22.1 Å². The minimum absolute atomic E-state index is 0.0245. The molecule has 2 aliphatic rings. The first-order valence-corrected chi connectivity index (χ1v) is 11.7. The van der Waals surface area contributed by atoms with Crippen LogP contribution in [0.15, 0.2) is 40.6 Å². The van der Waals surface area contributed by atoms with E-state index in [9.17, 15) is 18.4 Å². The maximum absolute atomic E-state index is 13.1. The number of anilines is 1. The molecule has 3 N–H and O–H groups in total. The number of alkyl halides is 3. The third-order valence-electron chi connectivity index (χ3n) is 6.35. The summed E-state index contributed by atoms with van der Waals surface area (Å²) in [4.78, 5) is 18.8. The van der Waals surface area contributed by atoms with Crippen molar-refractivity contribution < 1.29 is 17.9 Å². The summed E-state index contributed by atoms with van der Waals surface area (Å²) in [7, 11) is 0. The Balaban J connectivity index is 1.43. The highest BCUT2D eigenvalue weighted by atomic mass is 35.5. The lowest BCUT2D eigenvalue weighted by Gasteiger charge is -2.21. The van der Waals surface area contributed by atoms with E-state index in [-0.39, 0.29) is 22.4 Å². The summed E-state index contributed by atoms with van der Waals surface area (Å²) in [5.74, 6) is 1.16. The molecule has 13 heteroatoms. The molecule has 0 radical (unpaired) electrons. The smallest absolute Gasteiger partial charge is 0.394 e. The summed E-state index contributed by atoms with van der Waals surface area (Å²) in [6, 6.07) is 5.16. The standard InChI is InChI=1S/C21H17ClF3N7OS/c22-16-13(5-21(23,24)25)28-18-15(16)19(31-7-10-11(8-31)17(10)26)30-20(29-18)34-9-4-14-12(27-6-9)2-1-3-32(14)33/h1-4,6,10-11,17H,5,7-8,26H2,(H,28,29,30). The average Bonchev–Trinajstić information content (AvgIpc) is 3.10. The minimum Gasteiger partial charge on any atom is -0.618 e. The highest BCUT2D eigenvalue weighted by Gasteiger charge is 2.54. The minimum atomic E-state index is -4.43. The molecule has 0 amide bonds. The Bertz CT molecular complexity index is 1430. The Morgan fingerprint density at radius 2 is 2.06 bits per heavy atom. The van der Waals surface area contributed by atoms with Crippen molar-refractivity contribution in [2.24, 2.45) is 17.6 Å². The Hall–Kier alpha value is -2.83. The number of pyridine rings is 2. The number of rotatable bonds is 4. The van der Waals surface area contributed by atoms with Crippen LogP contribution >= 0.6 is 23.4 Å². The fraction of sp³-hybridized carbons (Fsp3) is 0.333. The number of hydrogen-bond acceptors (Lipinski definition) is 7. The van der Waals surface area contributed by atoms with E-state index in [1.54, 1.807) is 24.4 Å². The van der Waals surface area contributed by atoms with Crippen LogP contribution in [0.2, 0.25) is 5.02 Å². The number of fused-ring (bicyclic) bond motifs is 3.